The molecule has 1 unspecified atom stereocenters. The highest BCUT2D eigenvalue weighted by Crippen LogP contribution is 2.40. The highest BCUT2D eigenvalue weighted by molar-refractivity contribution is 6.46. The molecule has 1 N–H and O–H groups in total. The van der Waals surface area contributed by atoms with Gasteiger partial charge in [0.2, 0.25) is 0 Å². The van der Waals surface area contributed by atoms with E-state index in [-0.39, 0.29) is 16.8 Å². The van der Waals surface area contributed by atoms with Crippen molar-refractivity contribution in [2.45, 2.75) is 45.6 Å². The summed E-state index contributed by atoms with van der Waals surface area (Å²) in [6.07, 6.45) is 3.47. The molecule has 31 heavy (non-hydrogen) atoms. The summed E-state index contributed by atoms with van der Waals surface area (Å²) in [6, 6.07) is 12.3. The molecule has 0 bridgehead atoms. The van der Waals surface area contributed by atoms with E-state index in [1.165, 1.54) is 29.2 Å². The molecule has 0 saturated carbocycles. The van der Waals surface area contributed by atoms with E-state index in [0.29, 0.717) is 6.54 Å². The van der Waals surface area contributed by atoms with Gasteiger partial charge in [-0.05, 0) is 24.0 Å². The van der Waals surface area contributed by atoms with Gasteiger partial charge in [-0.15, -0.1) is 0 Å². The Morgan fingerprint density at radius 1 is 1.10 bits per heavy atom. The van der Waals surface area contributed by atoms with Crippen LogP contribution in [0.25, 0.3) is 5.76 Å². The predicted octanol–water partition coefficient (Wildman–Crippen LogP) is 4.77. The van der Waals surface area contributed by atoms with Crippen molar-refractivity contribution in [2.75, 3.05) is 6.54 Å². The van der Waals surface area contributed by atoms with Crippen LogP contribution in [0, 0.1) is 10.1 Å². The number of carbonyl (C=O) groups is 2. The Labute approximate surface area is 181 Å². The van der Waals surface area contributed by atoms with E-state index in [1.807, 2.05) is 31.2 Å². The zero-order chi connectivity index (χ0) is 22.5. The lowest BCUT2D eigenvalue weighted by Crippen LogP contribution is -2.30. The number of amides is 1. The predicted molar refractivity (Wildman–Crippen MR) is 117 cm³/mol. The molecular formula is C24H26N2O5. The molecule has 1 aliphatic rings. The molecule has 2 aromatic carbocycles. The van der Waals surface area contributed by atoms with Gasteiger partial charge in [0, 0.05) is 24.2 Å². The fourth-order valence-electron chi connectivity index (χ4n) is 3.85. The van der Waals surface area contributed by atoms with Gasteiger partial charge in [0.15, 0.2) is 0 Å². The normalized spacial score (nSPS) is 17.9. The average molecular weight is 422 g/mol. The van der Waals surface area contributed by atoms with Crippen molar-refractivity contribution in [1.29, 1.82) is 0 Å². The second kappa shape index (κ2) is 9.55. The number of carbonyl (C=O) groups excluding carboxylic acids is 2. The van der Waals surface area contributed by atoms with Crippen molar-refractivity contribution in [3.05, 3.63) is 80.9 Å². The largest absolute Gasteiger partial charge is 0.507 e. The first-order valence-corrected chi connectivity index (χ1v) is 10.5. The Bertz CT molecular complexity index is 1030. The first-order chi connectivity index (χ1) is 14.9. The number of nitro groups is 1. The van der Waals surface area contributed by atoms with E-state index in [0.717, 1.165) is 36.8 Å². The number of hydrogen-bond donors (Lipinski definition) is 1. The van der Waals surface area contributed by atoms with E-state index < -0.39 is 28.4 Å². The quantitative estimate of drug-likeness (QED) is 0.165. The number of benzene rings is 2. The van der Waals surface area contributed by atoms with Gasteiger partial charge in [0.25, 0.3) is 17.4 Å². The molecular weight excluding hydrogens is 396 g/mol. The molecule has 0 aromatic heterocycles. The summed E-state index contributed by atoms with van der Waals surface area (Å²) in [5.74, 6) is -1.83. The lowest BCUT2D eigenvalue weighted by molar-refractivity contribution is -0.384. The molecule has 1 fully saturated rings. The number of Topliss-reactive ketones (excluding diaryl/α,β-unsaturated/α-hetero) is 1. The van der Waals surface area contributed by atoms with Gasteiger partial charge in [-0.3, -0.25) is 19.7 Å². The molecule has 162 valence electrons. The maximum atomic E-state index is 12.9. The molecule has 0 radical (unpaired) electrons. The molecule has 0 aliphatic carbocycles. The van der Waals surface area contributed by atoms with Crippen molar-refractivity contribution >= 4 is 23.1 Å². The van der Waals surface area contributed by atoms with Crippen LogP contribution in [-0.4, -0.2) is 33.2 Å². The minimum absolute atomic E-state index is 0.0359. The summed E-state index contributed by atoms with van der Waals surface area (Å²) in [5.41, 5.74) is 1.73. The fourth-order valence-corrected chi connectivity index (χ4v) is 3.85. The third-order valence-corrected chi connectivity index (χ3v) is 5.58. The average Bonchev–Trinajstić information content (AvgIpc) is 3.04. The van der Waals surface area contributed by atoms with Crippen LogP contribution in [0.5, 0.6) is 0 Å². The van der Waals surface area contributed by atoms with Crippen LogP contribution in [0.3, 0.4) is 0 Å². The smallest absolute Gasteiger partial charge is 0.295 e. The van der Waals surface area contributed by atoms with E-state index in [1.54, 1.807) is 0 Å². The summed E-state index contributed by atoms with van der Waals surface area (Å²) >= 11 is 0. The minimum Gasteiger partial charge on any atom is -0.507 e. The summed E-state index contributed by atoms with van der Waals surface area (Å²) in [7, 11) is 0. The number of nitro benzene ring substituents is 1. The second-order valence-corrected chi connectivity index (χ2v) is 7.60. The Morgan fingerprint density at radius 2 is 1.81 bits per heavy atom. The van der Waals surface area contributed by atoms with E-state index in [2.05, 4.69) is 6.92 Å². The number of nitrogens with zero attached hydrogens (tertiary/aromatic N) is 2. The van der Waals surface area contributed by atoms with Crippen molar-refractivity contribution in [1.82, 2.24) is 4.90 Å². The monoisotopic (exact) mass is 422 g/mol. The molecule has 7 heteroatoms. The SMILES string of the molecule is CCCCCN1C(=O)C(=O)/C(=C(\O)c2cccc([N+](=O)[O-])c2)C1c1ccc(CC)cc1. The molecule has 0 spiro atoms. The Balaban J connectivity index is 2.13. The number of aryl methyl sites for hydroxylation is 1. The number of ketones is 1. The van der Waals surface area contributed by atoms with Crippen LogP contribution >= 0.6 is 0 Å². The number of aliphatic hydroxyl groups excluding tert-OH is 1. The van der Waals surface area contributed by atoms with Crippen molar-refractivity contribution in [3.63, 3.8) is 0 Å². The van der Waals surface area contributed by atoms with Gasteiger partial charge in [-0.25, -0.2) is 0 Å². The number of likely N-dealkylation sites (tertiary alicyclic amines) is 1. The maximum Gasteiger partial charge on any atom is 0.295 e. The summed E-state index contributed by atoms with van der Waals surface area (Å²) in [6.45, 7) is 4.48. The molecule has 1 atom stereocenters. The van der Waals surface area contributed by atoms with Gasteiger partial charge in [-0.1, -0.05) is 63.1 Å². The third-order valence-electron chi connectivity index (χ3n) is 5.58. The minimum atomic E-state index is -0.773. The van der Waals surface area contributed by atoms with Crippen LogP contribution in [-0.2, 0) is 16.0 Å². The Kier molecular flexibility index (Phi) is 6.84. The summed E-state index contributed by atoms with van der Waals surface area (Å²) < 4.78 is 0. The van der Waals surface area contributed by atoms with Crippen LogP contribution in [0.15, 0.2) is 54.1 Å². The van der Waals surface area contributed by atoms with E-state index in [9.17, 15) is 24.8 Å². The molecule has 2 aromatic rings. The standard InChI is InChI=1S/C24H26N2O5/c1-3-5-6-14-25-21(17-12-10-16(4-2)11-13-17)20(23(28)24(25)29)22(27)18-8-7-9-19(15-18)26(30)31/h7-13,15,21,27H,3-6,14H2,1-2H3/b22-20-. The van der Waals surface area contributed by atoms with Crippen LogP contribution in [0.2, 0.25) is 0 Å². The van der Waals surface area contributed by atoms with Crippen molar-refractivity contribution in [2.24, 2.45) is 0 Å². The molecule has 1 aliphatic heterocycles. The molecule has 7 nitrogen and oxygen atoms in total. The van der Waals surface area contributed by atoms with Crippen molar-refractivity contribution in [3.8, 4) is 0 Å². The lowest BCUT2D eigenvalue weighted by Gasteiger charge is -2.25. The number of rotatable bonds is 8. The van der Waals surface area contributed by atoms with Crippen LogP contribution < -0.4 is 0 Å². The van der Waals surface area contributed by atoms with Gasteiger partial charge in [-0.2, -0.15) is 0 Å². The number of aliphatic hydroxyl groups is 1. The Morgan fingerprint density at radius 3 is 2.42 bits per heavy atom. The topological polar surface area (TPSA) is 101 Å². The summed E-state index contributed by atoms with van der Waals surface area (Å²) in [5, 5.41) is 22.1. The third kappa shape index (κ3) is 4.50. The number of non-ortho nitro benzene ring substituents is 1. The fraction of sp³-hybridized carbons (Fsp3) is 0.333. The van der Waals surface area contributed by atoms with Gasteiger partial charge < -0.3 is 10.0 Å². The van der Waals surface area contributed by atoms with Crippen molar-refractivity contribution < 1.29 is 19.6 Å². The Hall–Kier alpha value is -3.48. The maximum absolute atomic E-state index is 12.9. The van der Waals surface area contributed by atoms with E-state index >= 15 is 0 Å². The zero-order valence-corrected chi connectivity index (χ0v) is 17.7. The number of unbranched alkanes of at least 4 members (excludes halogenated alkanes) is 2. The first kappa shape index (κ1) is 22.2. The van der Waals surface area contributed by atoms with E-state index in [4.69, 9.17) is 0 Å². The lowest BCUT2D eigenvalue weighted by atomic mass is 9.94. The second-order valence-electron chi connectivity index (χ2n) is 7.60. The number of hydrogen-bond acceptors (Lipinski definition) is 5. The van der Waals surface area contributed by atoms with Crippen LogP contribution in [0.4, 0.5) is 5.69 Å². The molecule has 1 amide bonds. The highest BCUT2D eigenvalue weighted by Gasteiger charge is 2.45. The van der Waals surface area contributed by atoms with Gasteiger partial charge in [0.1, 0.15) is 5.76 Å². The summed E-state index contributed by atoms with van der Waals surface area (Å²) in [4.78, 5) is 37.9. The first-order valence-electron chi connectivity index (χ1n) is 10.5. The van der Waals surface area contributed by atoms with Crippen LogP contribution in [0.1, 0.15) is 55.8 Å². The molecule has 3 rings (SSSR count). The zero-order valence-electron chi connectivity index (χ0n) is 17.7. The highest BCUT2D eigenvalue weighted by atomic mass is 16.6. The van der Waals surface area contributed by atoms with Gasteiger partial charge >= 0.3 is 0 Å². The molecule has 1 heterocycles. The van der Waals surface area contributed by atoms with Gasteiger partial charge in [0.05, 0.1) is 16.5 Å². The molecule has 1 saturated heterocycles.